The smallest absolute Gasteiger partial charge is 0.154 e. The fraction of sp³-hybridized carbons (Fsp3) is 0.129. The molecule has 0 unspecified atom stereocenters. The summed E-state index contributed by atoms with van der Waals surface area (Å²) in [5, 5.41) is 13.4. The third-order valence-corrected chi connectivity index (χ3v) is 9.32. The van der Waals surface area contributed by atoms with Crippen LogP contribution in [0.4, 0.5) is 13.2 Å². The number of hydrogen-bond acceptors (Lipinski definition) is 2. The van der Waals surface area contributed by atoms with Gasteiger partial charge >= 0.3 is 0 Å². The zero-order valence-corrected chi connectivity index (χ0v) is 26.0. The van der Waals surface area contributed by atoms with Crippen molar-refractivity contribution in [2.75, 3.05) is 0 Å². The Balaban J connectivity index is 0.000000596. The molecule has 0 spiro atoms. The van der Waals surface area contributed by atoms with E-state index in [2.05, 4.69) is 138 Å². The van der Waals surface area contributed by atoms with Crippen molar-refractivity contribution in [3.8, 4) is 0 Å². The van der Waals surface area contributed by atoms with Gasteiger partial charge in [0.15, 0.2) is 6.68 Å². The Kier molecular flexibility index (Phi) is 17.0. The van der Waals surface area contributed by atoms with Crippen LogP contribution in [0.1, 0.15) is 20.8 Å². The maximum absolute atomic E-state index is 9.58. The maximum Gasteiger partial charge on any atom is 0.154 e. The van der Waals surface area contributed by atoms with Crippen molar-refractivity contribution < 1.29 is 44.4 Å². The van der Waals surface area contributed by atoms with E-state index in [0.717, 1.165) is 0 Å². The Hall–Kier alpha value is -2.12. The first-order valence-electron chi connectivity index (χ1n) is 11.8. The second-order valence-electron chi connectivity index (χ2n) is 8.80. The second kappa shape index (κ2) is 19.0. The first kappa shape index (κ1) is 34.9. The van der Waals surface area contributed by atoms with Gasteiger partial charge in [0.2, 0.25) is 0 Å². The normalized spacial score (nSPS) is 10.9. The van der Waals surface area contributed by atoms with Crippen molar-refractivity contribution >= 4 is 37.1 Å². The van der Waals surface area contributed by atoms with Crippen LogP contribution in [0.25, 0.3) is 0 Å². The van der Waals surface area contributed by atoms with Crippen LogP contribution >= 0.6 is 15.8 Å². The van der Waals surface area contributed by atoms with Crippen molar-refractivity contribution in [2.24, 2.45) is 0 Å². The summed E-state index contributed by atoms with van der Waals surface area (Å²) in [6.45, 7) is 2.23. The van der Waals surface area contributed by atoms with Crippen LogP contribution in [-0.2, 0) is 26.0 Å². The Bertz CT molecular complexity index is 1010. The Morgan fingerprint density at radius 3 is 0.897 bits per heavy atom. The van der Waals surface area contributed by atoms with Crippen LogP contribution in [0.15, 0.2) is 133 Å². The van der Waals surface area contributed by atoms with Gasteiger partial charge in [0.05, 0.1) is 5.60 Å². The molecule has 0 heterocycles. The minimum Gasteiger partial charge on any atom is -0.385 e. The van der Waals surface area contributed by atoms with E-state index in [9.17, 15) is 13.2 Å². The molecule has 8 heteroatoms. The number of rotatable bonds is 6. The zero-order valence-electron chi connectivity index (χ0n) is 21.9. The van der Waals surface area contributed by atoms with Gasteiger partial charge in [-0.25, -0.2) is 4.89 Å². The SMILES string of the molecule is C(=C/P(c1ccccc1)c1ccccc1)/P(c1ccccc1)c1ccccc1.CC(C)(C)OO.F[C-](F)F.[Pt]. The number of hydrogen-bond donors (Lipinski definition) is 1. The van der Waals surface area contributed by atoms with Crippen molar-refractivity contribution in [2.45, 2.75) is 26.4 Å². The largest absolute Gasteiger partial charge is 0.385 e. The van der Waals surface area contributed by atoms with Crippen molar-refractivity contribution in [1.29, 1.82) is 0 Å². The maximum atomic E-state index is 9.58. The molecule has 4 rings (SSSR count). The third-order valence-electron chi connectivity index (χ3n) is 4.78. The summed E-state index contributed by atoms with van der Waals surface area (Å²) in [4.78, 5) is 3.94. The van der Waals surface area contributed by atoms with Crippen molar-refractivity contribution in [1.82, 2.24) is 0 Å². The zero-order chi connectivity index (χ0) is 27.8. The molecule has 210 valence electrons. The van der Waals surface area contributed by atoms with Crippen LogP contribution in [0.2, 0.25) is 0 Å². The van der Waals surface area contributed by atoms with E-state index in [1.165, 1.54) is 21.2 Å². The summed E-state index contributed by atoms with van der Waals surface area (Å²) in [7, 11) is -1.06. The van der Waals surface area contributed by atoms with Crippen LogP contribution in [-0.4, -0.2) is 10.9 Å². The molecule has 0 radical (unpaired) electrons. The summed E-state index contributed by atoms with van der Waals surface area (Å²) in [5.41, 5.74) is -0.403. The molecule has 0 aliphatic heterocycles. The average Bonchev–Trinajstić information content (AvgIpc) is 2.93. The summed E-state index contributed by atoms with van der Waals surface area (Å²) in [5.74, 6) is 4.90. The standard InChI is InChI=1S/C26H22P2.C4H10O2.CF3.Pt/c1-5-13-23(14-6-1)27(24-15-7-2-8-16-24)21-22-28(25-17-9-3-10-18-25)26-19-11-4-12-20-26;1-4(2,3)6-5;2-1(3)4;/h1-22H;5H,1-3H3;;/q;;-1;/b22-21-;;;. The summed E-state index contributed by atoms with van der Waals surface area (Å²) in [6.07, 6.45) is 0. The van der Waals surface area contributed by atoms with E-state index in [1.54, 1.807) is 20.8 Å². The summed E-state index contributed by atoms with van der Waals surface area (Å²) >= 11 is 0. The van der Waals surface area contributed by atoms with Gasteiger partial charge in [-0.3, -0.25) is 5.26 Å². The van der Waals surface area contributed by atoms with E-state index >= 15 is 0 Å². The van der Waals surface area contributed by atoms with Crippen LogP contribution in [0.5, 0.6) is 0 Å². The molecule has 4 aromatic carbocycles. The summed E-state index contributed by atoms with van der Waals surface area (Å²) < 4.78 is 28.8. The second-order valence-corrected chi connectivity index (χ2v) is 12.9. The van der Waals surface area contributed by atoms with Gasteiger partial charge < -0.3 is 13.2 Å². The van der Waals surface area contributed by atoms with Crippen molar-refractivity contribution in [3.05, 3.63) is 140 Å². The monoisotopic (exact) mass is 750 g/mol. The van der Waals surface area contributed by atoms with Crippen molar-refractivity contribution in [3.63, 3.8) is 0 Å². The fourth-order valence-corrected chi connectivity index (χ4v) is 7.45. The molecule has 4 aromatic rings. The first-order chi connectivity index (χ1) is 18.2. The van der Waals surface area contributed by atoms with Gasteiger partial charge in [-0.1, -0.05) is 133 Å². The molecule has 0 aromatic heterocycles. The predicted molar refractivity (Wildman–Crippen MR) is 157 cm³/mol. The van der Waals surface area contributed by atoms with E-state index in [-0.39, 0.29) is 21.1 Å². The van der Waals surface area contributed by atoms with E-state index in [4.69, 9.17) is 5.26 Å². The third kappa shape index (κ3) is 14.2. The molecule has 0 saturated heterocycles. The molecule has 0 aliphatic carbocycles. The fourth-order valence-electron chi connectivity index (χ4n) is 3.13. The van der Waals surface area contributed by atoms with E-state index in [1.807, 2.05) is 0 Å². The molecular weight excluding hydrogens is 718 g/mol. The molecule has 1 N–H and O–H groups in total. The quantitative estimate of drug-likeness (QED) is 0.0931. The Morgan fingerprint density at radius 1 is 0.564 bits per heavy atom. The van der Waals surface area contributed by atoms with Crippen LogP contribution in [0, 0.1) is 6.68 Å². The molecule has 0 bridgehead atoms. The molecule has 0 aliphatic rings. The molecule has 2 nitrogen and oxygen atoms in total. The molecular formula is C31H32F3O2P2Pt-. The van der Waals surface area contributed by atoms with E-state index < -0.39 is 28.1 Å². The van der Waals surface area contributed by atoms with Gasteiger partial charge in [0.1, 0.15) is 0 Å². The van der Waals surface area contributed by atoms with Gasteiger partial charge in [0, 0.05) is 21.1 Å². The minimum absolute atomic E-state index is 0. The summed E-state index contributed by atoms with van der Waals surface area (Å²) in [6, 6.07) is 43.4. The van der Waals surface area contributed by atoms with Gasteiger partial charge in [-0.05, 0) is 57.8 Å². The van der Waals surface area contributed by atoms with Crippen LogP contribution < -0.4 is 21.2 Å². The van der Waals surface area contributed by atoms with Gasteiger partial charge in [-0.2, -0.15) is 0 Å². The average molecular weight is 751 g/mol. The first-order valence-corrected chi connectivity index (χ1v) is 14.7. The molecule has 0 amide bonds. The molecule has 0 atom stereocenters. The van der Waals surface area contributed by atoms with Crippen LogP contribution in [0.3, 0.4) is 0 Å². The molecule has 39 heavy (non-hydrogen) atoms. The minimum atomic E-state index is -3.08. The van der Waals surface area contributed by atoms with Gasteiger partial charge in [-0.15, -0.1) is 0 Å². The molecule has 0 fully saturated rings. The topological polar surface area (TPSA) is 29.5 Å². The number of halogens is 3. The van der Waals surface area contributed by atoms with E-state index in [0.29, 0.717) is 0 Å². The van der Waals surface area contributed by atoms with Gasteiger partial charge in [0.25, 0.3) is 0 Å². The Labute approximate surface area is 246 Å². The molecule has 0 saturated carbocycles. The predicted octanol–water partition coefficient (Wildman–Crippen LogP) is 8.34. The number of benzene rings is 4. The Morgan fingerprint density at radius 2 is 0.744 bits per heavy atom.